The number of carbonyl (C=O) groups excluding carboxylic acids is 3. The first kappa shape index (κ1) is 31.2. The second-order valence-electron chi connectivity index (χ2n) is 10.4. The van der Waals surface area contributed by atoms with Gasteiger partial charge < -0.3 is 21.1 Å². The molecule has 2 amide bonds. The van der Waals surface area contributed by atoms with Crippen molar-refractivity contribution >= 4 is 17.6 Å². The summed E-state index contributed by atoms with van der Waals surface area (Å²) in [5, 5.41) is 5.88. The summed E-state index contributed by atoms with van der Waals surface area (Å²) in [6.45, 7) is 2.93. The van der Waals surface area contributed by atoms with Gasteiger partial charge in [-0.2, -0.15) is 0 Å². The van der Waals surface area contributed by atoms with Crippen LogP contribution in [0.1, 0.15) is 46.0 Å². The minimum atomic E-state index is -0.902. The smallest absolute Gasteiger partial charge is 0.251 e. The fraction of sp³-hybridized carbons (Fsp3) is 0.250. The van der Waals surface area contributed by atoms with Crippen LogP contribution in [-0.2, 0) is 35.4 Å². The van der Waals surface area contributed by atoms with E-state index in [1.54, 1.807) is 24.3 Å². The molecule has 0 aromatic heterocycles. The molecule has 0 bridgehead atoms. The number of hydrogen-bond acceptors (Lipinski definition) is 5. The van der Waals surface area contributed by atoms with E-state index in [2.05, 4.69) is 10.6 Å². The SMILES string of the molecule is CCOc1ccc(C[C@@H](NC(=O)c2ccccc2)C(=O)N[C@@H](Cc2ccccc2)C(=O)CCc2ccc(CN)cc2)cc1. The number of rotatable bonds is 15. The van der Waals surface area contributed by atoms with Crippen LogP contribution in [-0.4, -0.2) is 36.3 Å². The van der Waals surface area contributed by atoms with Gasteiger partial charge in [-0.1, -0.05) is 84.9 Å². The quantitative estimate of drug-likeness (QED) is 0.188. The van der Waals surface area contributed by atoms with E-state index in [9.17, 15) is 14.4 Å². The van der Waals surface area contributed by atoms with Crippen molar-refractivity contribution in [1.82, 2.24) is 10.6 Å². The summed E-state index contributed by atoms with van der Waals surface area (Å²) >= 11 is 0. The molecule has 7 heteroatoms. The molecule has 0 aliphatic rings. The highest BCUT2D eigenvalue weighted by Gasteiger charge is 2.27. The van der Waals surface area contributed by atoms with Crippen molar-refractivity contribution in [2.45, 2.75) is 51.2 Å². The molecule has 0 aliphatic carbocycles. The molecule has 4 rings (SSSR count). The number of amides is 2. The highest BCUT2D eigenvalue weighted by atomic mass is 16.5. The Morgan fingerprint density at radius 3 is 1.86 bits per heavy atom. The Morgan fingerprint density at radius 1 is 0.674 bits per heavy atom. The van der Waals surface area contributed by atoms with Crippen LogP contribution < -0.4 is 21.1 Å². The number of carbonyl (C=O) groups is 3. The van der Waals surface area contributed by atoms with E-state index in [1.165, 1.54) is 0 Å². The molecule has 0 saturated heterocycles. The summed E-state index contributed by atoms with van der Waals surface area (Å²) in [5.74, 6) is -0.126. The van der Waals surface area contributed by atoms with Gasteiger partial charge in [0.2, 0.25) is 5.91 Å². The summed E-state index contributed by atoms with van der Waals surface area (Å²) < 4.78 is 5.55. The number of nitrogens with two attached hydrogens (primary N) is 1. The molecule has 222 valence electrons. The average molecular weight is 578 g/mol. The highest BCUT2D eigenvalue weighted by Crippen LogP contribution is 2.15. The molecule has 4 aromatic carbocycles. The van der Waals surface area contributed by atoms with Crippen molar-refractivity contribution < 1.29 is 19.1 Å². The Hall–Kier alpha value is -4.75. The Labute approximate surface area is 253 Å². The van der Waals surface area contributed by atoms with Crippen LogP contribution >= 0.6 is 0 Å². The summed E-state index contributed by atoms with van der Waals surface area (Å²) in [6, 6.07) is 32.0. The largest absolute Gasteiger partial charge is 0.494 e. The minimum Gasteiger partial charge on any atom is -0.494 e. The predicted molar refractivity (Wildman–Crippen MR) is 169 cm³/mol. The van der Waals surface area contributed by atoms with E-state index >= 15 is 0 Å². The van der Waals surface area contributed by atoms with Gasteiger partial charge in [-0.15, -0.1) is 0 Å². The van der Waals surface area contributed by atoms with Crippen LogP contribution in [0.5, 0.6) is 5.75 Å². The highest BCUT2D eigenvalue weighted by molar-refractivity contribution is 5.98. The Kier molecular flexibility index (Phi) is 11.6. The van der Waals surface area contributed by atoms with Crippen LogP contribution in [0, 0.1) is 0 Å². The second kappa shape index (κ2) is 16.0. The maximum Gasteiger partial charge on any atom is 0.251 e. The molecule has 4 N–H and O–H groups in total. The lowest BCUT2D eigenvalue weighted by atomic mass is 9.96. The van der Waals surface area contributed by atoms with Gasteiger partial charge in [0, 0.05) is 24.9 Å². The van der Waals surface area contributed by atoms with Gasteiger partial charge in [-0.05, 0) is 66.3 Å². The van der Waals surface area contributed by atoms with Crippen molar-refractivity contribution in [1.29, 1.82) is 0 Å². The fourth-order valence-corrected chi connectivity index (χ4v) is 4.82. The molecule has 0 heterocycles. The van der Waals surface area contributed by atoms with E-state index < -0.39 is 18.0 Å². The van der Waals surface area contributed by atoms with Gasteiger partial charge in [0.25, 0.3) is 5.91 Å². The normalized spacial score (nSPS) is 12.1. The third kappa shape index (κ3) is 9.65. The van der Waals surface area contributed by atoms with E-state index in [0.717, 1.165) is 28.0 Å². The first-order valence-corrected chi connectivity index (χ1v) is 14.7. The number of ketones is 1. The molecule has 0 aliphatic heterocycles. The molecule has 4 aromatic rings. The molecule has 2 atom stereocenters. The van der Waals surface area contributed by atoms with Gasteiger partial charge in [-0.3, -0.25) is 14.4 Å². The summed E-state index contributed by atoms with van der Waals surface area (Å²) in [7, 11) is 0. The van der Waals surface area contributed by atoms with Crippen LogP contribution in [0.4, 0.5) is 0 Å². The molecule has 0 unspecified atom stereocenters. The number of nitrogens with one attached hydrogen (secondary N) is 2. The van der Waals surface area contributed by atoms with Crippen molar-refractivity contribution in [3.63, 3.8) is 0 Å². The average Bonchev–Trinajstić information content (AvgIpc) is 3.05. The molecular formula is C36H39N3O4. The third-order valence-electron chi connectivity index (χ3n) is 7.24. The first-order chi connectivity index (χ1) is 20.9. The van der Waals surface area contributed by atoms with E-state index in [-0.39, 0.29) is 24.5 Å². The molecule has 7 nitrogen and oxygen atoms in total. The first-order valence-electron chi connectivity index (χ1n) is 14.7. The van der Waals surface area contributed by atoms with Crippen molar-refractivity contribution in [3.8, 4) is 5.75 Å². The van der Waals surface area contributed by atoms with Gasteiger partial charge in [0.05, 0.1) is 12.6 Å². The monoisotopic (exact) mass is 577 g/mol. The Bertz CT molecular complexity index is 1460. The lowest BCUT2D eigenvalue weighted by Gasteiger charge is -2.23. The molecule has 43 heavy (non-hydrogen) atoms. The number of benzene rings is 4. The molecule has 0 saturated carbocycles. The number of aryl methyl sites for hydroxylation is 1. The number of Topliss-reactive ketones (excluding diaryl/α,β-unsaturated/α-hetero) is 1. The zero-order valence-electron chi connectivity index (χ0n) is 24.5. The van der Waals surface area contributed by atoms with Gasteiger partial charge in [0.1, 0.15) is 11.8 Å². The van der Waals surface area contributed by atoms with Crippen molar-refractivity contribution in [2.24, 2.45) is 5.73 Å². The van der Waals surface area contributed by atoms with E-state index in [4.69, 9.17) is 10.5 Å². The van der Waals surface area contributed by atoms with Crippen LogP contribution in [0.2, 0.25) is 0 Å². The maximum absolute atomic E-state index is 13.8. The van der Waals surface area contributed by atoms with Gasteiger partial charge >= 0.3 is 0 Å². The fourth-order valence-electron chi connectivity index (χ4n) is 4.82. The third-order valence-corrected chi connectivity index (χ3v) is 7.24. The Morgan fingerprint density at radius 2 is 1.23 bits per heavy atom. The Balaban J connectivity index is 1.53. The van der Waals surface area contributed by atoms with E-state index in [1.807, 2.05) is 91.9 Å². The van der Waals surface area contributed by atoms with Gasteiger partial charge in [0.15, 0.2) is 5.78 Å². The number of hydrogen-bond donors (Lipinski definition) is 3. The minimum absolute atomic E-state index is 0.0747. The number of ether oxygens (including phenoxy) is 1. The summed E-state index contributed by atoms with van der Waals surface area (Å²) in [4.78, 5) is 40.5. The molecular weight excluding hydrogens is 538 g/mol. The van der Waals surface area contributed by atoms with E-state index in [0.29, 0.717) is 31.6 Å². The lowest BCUT2D eigenvalue weighted by Crippen LogP contribution is -2.53. The van der Waals surface area contributed by atoms with Crippen LogP contribution in [0.15, 0.2) is 109 Å². The second-order valence-corrected chi connectivity index (χ2v) is 10.4. The standard InChI is InChI=1S/C36H39N3O4/c1-2-43-31-20-17-28(18-21-31)24-33(39-35(41)30-11-7-4-8-12-30)36(42)38-32(23-27-9-5-3-6-10-27)34(40)22-19-26-13-15-29(25-37)16-14-26/h3-18,20-21,32-33H,2,19,22-25,37H2,1H3,(H,38,42)(H,39,41)/t32-,33+/m0/s1. The van der Waals surface area contributed by atoms with Crippen LogP contribution in [0.3, 0.4) is 0 Å². The van der Waals surface area contributed by atoms with Crippen molar-refractivity contribution in [2.75, 3.05) is 6.61 Å². The zero-order chi connectivity index (χ0) is 30.4. The summed E-state index contributed by atoms with van der Waals surface area (Å²) in [5.41, 5.74) is 10.00. The lowest BCUT2D eigenvalue weighted by molar-refractivity contribution is -0.128. The predicted octanol–water partition coefficient (Wildman–Crippen LogP) is 4.81. The van der Waals surface area contributed by atoms with Crippen LogP contribution in [0.25, 0.3) is 0 Å². The molecule has 0 fully saturated rings. The topological polar surface area (TPSA) is 111 Å². The molecule has 0 spiro atoms. The van der Waals surface area contributed by atoms with Gasteiger partial charge in [-0.25, -0.2) is 0 Å². The summed E-state index contributed by atoms with van der Waals surface area (Å²) in [6.07, 6.45) is 1.40. The zero-order valence-corrected chi connectivity index (χ0v) is 24.5. The molecule has 0 radical (unpaired) electrons. The van der Waals surface area contributed by atoms with Crippen molar-refractivity contribution in [3.05, 3.63) is 137 Å². The maximum atomic E-state index is 13.8.